The number of anilines is 1. The second kappa shape index (κ2) is 6.99. The molecule has 4 aromatic rings. The number of para-hydroxylation sites is 1. The van der Waals surface area contributed by atoms with Crippen molar-refractivity contribution in [3.05, 3.63) is 70.9 Å². The van der Waals surface area contributed by atoms with Gasteiger partial charge in [-0.2, -0.15) is 0 Å². The fourth-order valence-corrected chi connectivity index (χ4v) is 3.52. The molecule has 0 saturated heterocycles. The molecule has 0 spiro atoms. The van der Waals surface area contributed by atoms with Crippen LogP contribution in [0.5, 0.6) is 0 Å². The second-order valence-corrected chi connectivity index (χ2v) is 6.84. The molecule has 0 atom stereocenters. The highest BCUT2D eigenvalue weighted by atomic mass is 16.5. The predicted molar refractivity (Wildman–Crippen MR) is 108 cm³/mol. The molecular formula is C21H18N6O2. The zero-order chi connectivity index (χ0) is 19.8. The first-order valence-corrected chi connectivity index (χ1v) is 9.27. The van der Waals surface area contributed by atoms with Crippen molar-refractivity contribution < 1.29 is 9.32 Å². The Morgan fingerprint density at radius 1 is 1.10 bits per heavy atom. The van der Waals surface area contributed by atoms with Gasteiger partial charge in [-0.3, -0.25) is 4.79 Å². The Hall–Kier alpha value is -3.78. The van der Waals surface area contributed by atoms with Crippen LogP contribution in [0.25, 0.3) is 22.5 Å². The number of nitrogens with two attached hydrogens (primary N) is 1. The highest BCUT2D eigenvalue weighted by Gasteiger charge is 2.23. The third-order valence-corrected chi connectivity index (χ3v) is 4.97. The van der Waals surface area contributed by atoms with Gasteiger partial charge in [-0.1, -0.05) is 41.6 Å². The number of benzene rings is 2. The lowest BCUT2D eigenvalue weighted by molar-refractivity contribution is 0.100. The van der Waals surface area contributed by atoms with Crippen molar-refractivity contribution in [1.29, 1.82) is 0 Å². The van der Waals surface area contributed by atoms with Crippen LogP contribution < -0.4 is 16.4 Å². The average Bonchev–Trinajstić information content (AvgIpc) is 3.39. The number of fused-ring (bicyclic) bond motifs is 2. The van der Waals surface area contributed by atoms with Crippen LogP contribution in [0, 0.1) is 0 Å². The van der Waals surface area contributed by atoms with Gasteiger partial charge in [0.2, 0.25) is 0 Å². The molecule has 8 nitrogen and oxygen atoms in total. The maximum Gasteiger partial charge on any atom is 0.252 e. The summed E-state index contributed by atoms with van der Waals surface area (Å²) in [7, 11) is 0. The quantitative estimate of drug-likeness (QED) is 0.482. The Morgan fingerprint density at radius 2 is 1.97 bits per heavy atom. The molecule has 1 aliphatic rings. The average molecular weight is 386 g/mol. The maximum atomic E-state index is 11.7. The normalized spacial score (nSPS) is 12.8. The van der Waals surface area contributed by atoms with Crippen molar-refractivity contribution in [3.63, 3.8) is 0 Å². The largest absolute Gasteiger partial charge is 0.366 e. The molecule has 0 fully saturated rings. The number of nitrogens with one attached hydrogen (secondary N) is 2. The summed E-state index contributed by atoms with van der Waals surface area (Å²) in [5.74, 6) is 0.645. The zero-order valence-corrected chi connectivity index (χ0v) is 15.5. The van der Waals surface area contributed by atoms with Crippen molar-refractivity contribution in [1.82, 2.24) is 20.4 Å². The number of nitrogens with zero attached hydrogens (tertiary/aromatic N) is 3. The number of aromatic nitrogens is 3. The van der Waals surface area contributed by atoms with Crippen molar-refractivity contribution in [2.45, 2.75) is 19.6 Å². The van der Waals surface area contributed by atoms with E-state index < -0.39 is 5.91 Å². The van der Waals surface area contributed by atoms with E-state index in [2.05, 4.69) is 32.9 Å². The number of hydrogen-bond acceptors (Lipinski definition) is 7. The molecule has 2 aromatic heterocycles. The molecule has 0 aliphatic carbocycles. The lowest BCUT2D eigenvalue weighted by atomic mass is 10.1. The summed E-state index contributed by atoms with van der Waals surface area (Å²) in [5, 5.41) is 11.5. The maximum absolute atomic E-state index is 11.7. The van der Waals surface area contributed by atoms with E-state index in [-0.39, 0.29) is 5.56 Å². The minimum absolute atomic E-state index is 0.284. The van der Waals surface area contributed by atoms with Crippen LogP contribution in [0.3, 0.4) is 0 Å². The molecule has 0 saturated carbocycles. The molecule has 1 aliphatic heterocycles. The van der Waals surface area contributed by atoms with Gasteiger partial charge < -0.3 is 20.9 Å². The number of amides is 1. The molecule has 3 heterocycles. The lowest BCUT2D eigenvalue weighted by Crippen LogP contribution is -2.10. The topological polar surface area (TPSA) is 119 Å². The highest BCUT2D eigenvalue weighted by molar-refractivity contribution is 6.06. The van der Waals surface area contributed by atoms with E-state index in [1.165, 1.54) is 0 Å². The fraction of sp³-hybridized carbons (Fsp3) is 0.143. The molecule has 2 aromatic carbocycles. The molecule has 0 radical (unpaired) electrons. The van der Waals surface area contributed by atoms with E-state index in [4.69, 9.17) is 15.2 Å². The minimum Gasteiger partial charge on any atom is -0.366 e. The van der Waals surface area contributed by atoms with Crippen molar-refractivity contribution in [3.8, 4) is 11.5 Å². The van der Waals surface area contributed by atoms with Gasteiger partial charge >= 0.3 is 0 Å². The number of carbonyl (C=O) groups excluding carboxylic acids is 1. The summed E-state index contributed by atoms with van der Waals surface area (Å²) in [5.41, 5.74) is 9.69. The van der Waals surface area contributed by atoms with Crippen molar-refractivity contribution >= 4 is 22.7 Å². The van der Waals surface area contributed by atoms with Gasteiger partial charge in [-0.05, 0) is 17.7 Å². The lowest BCUT2D eigenvalue weighted by Gasteiger charge is -2.11. The van der Waals surface area contributed by atoms with Gasteiger partial charge in [0.15, 0.2) is 17.1 Å². The first-order valence-electron chi connectivity index (χ1n) is 9.27. The molecule has 0 bridgehead atoms. The number of carbonyl (C=O) groups is 1. The smallest absolute Gasteiger partial charge is 0.252 e. The fourth-order valence-electron chi connectivity index (χ4n) is 3.52. The molecule has 0 unspecified atom stereocenters. The van der Waals surface area contributed by atoms with Gasteiger partial charge in [-0.15, -0.1) is 0 Å². The van der Waals surface area contributed by atoms with E-state index >= 15 is 0 Å². The van der Waals surface area contributed by atoms with Crippen LogP contribution in [0.1, 0.15) is 27.2 Å². The first kappa shape index (κ1) is 17.3. The SMILES string of the molecule is NC(=O)c1cccc2c(-c3nc4c(c(NCc5ccccc5)n3)CNC4)noc12. The molecule has 1 amide bonds. The Labute approximate surface area is 166 Å². The van der Waals surface area contributed by atoms with Crippen molar-refractivity contribution in [2.75, 3.05) is 5.32 Å². The van der Waals surface area contributed by atoms with E-state index in [1.54, 1.807) is 12.1 Å². The van der Waals surface area contributed by atoms with Crippen LogP contribution in [0.4, 0.5) is 5.82 Å². The van der Waals surface area contributed by atoms with Gasteiger partial charge in [-0.25, -0.2) is 9.97 Å². The summed E-state index contributed by atoms with van der Waals surface area (Å²) in [6, 6.07) is 15.3. The van der Waals surface area contributed by atoms with E-state index in [1.807, 2.05) is 24.3 Å². The van der Waals surface area contributed by atoms with Crippen LogP contribution in [0.15, 0.2) is 53.1 Å². The molecule has 8 heteroatoms. The number of hydrogen-bond donors (Lipinski definition) is 3. The summed E-state index contributed by atoms with van der Waals surface area (Å²) < 4.78 is 5.42. The summed E-state index contributed by atoms with van der Waals surface area (Å²) in [6.07, 6.45) is 0. The molecule has 144 valence electrons. The third-order valence-electron chi connectivity index (χ3n) is 4.97. The summed E-state index contributed by atoms with van der Waals surface area (Å²) in [4.78, 5) is 21.1. The van der Waals surface area contributed by atoms with Crippen LogP contribution in [0.2, 0.25) is 0 Å². The van der Waals surface area contributed by atoms with Gasteiger partial charge in [0, 0.05) is 25.2 Å². The van der Waals surface area contributed by atoms with E-state index in [9.17, 15) is 4.79 Å². The predicted octanol–water partition coefficient (Wildman–Crippen LogP) is 2.60. The van der Waals surface area contributed by atoms with Gasteiger partial charge in [0.05, 0.1) is 16.6 Å². The second-order valence-electron chi connectivity index (χ2n) is 6.84. The highest BCUT2D eigenvalue weighted by Crippen LogP contribution is 2.31. The Morgan fingerprint density at radius 3 is 2.79 bits per heavy atom. The Balaban J connectivity index is 1.57. The van der Waals surface area contributed by atoms with E-state index in [0.717, 1.165) is 22.6 Å². The monoisotopic (exact) mass is 386 g/mol. The standard InChI is InChI=1S/C21H18N6O2/c22-19(28)14-8-4-7-13-17(27-29-18(13)14)21-25-16-11-23-10-15(16)20(26-21)24-9-12-5-2-1-3-6-12/h1-8,23H,9-11H2,(H2,22,28)(H,24,25,26). The summed E-state index contributed by atoms with van der Waals surface area (Å²) in [6.45, 7) is 2.01. The molecular weight excluding hydrogens is 368 g/mol. The number of primary amides is 1. The molecule has 4 N–H and O–H groups in total. The number of rotatable bonds is 5. The molecule has 29 heavy (non-hydrogen) atoms. The van der Waals surface area contributed by atoms with Gasteiger partial charge in [0.25, 0.3) is 5.91 Å². The van der Waals surface area contributed by atoms with Crippen LogP contribution in [-0.2, 0) is 19.6 Å². The minimum atomic E-state index is -0.567. The van der Waals surface area contributed by atoms with Crippen molar-refractivity contribution in [2.24, 2.45) is 5.73 Å². The van der Waals surface area contributed by atoms with Gasteiger partial charge in [0.1, 0.15) is 5.82 Å². The zero-order valence-electron chi connectivity index (χ0n) is 15.5. The first-order chi connectivity index (χ1) is 14.2. The Kier molecular flexibility index (Phi) is 4.18. The molecule has 5 rings (SSSR count). The third kappa shape index (κ3) is 3.09. The van der Waals surface area contributed by atoms with Crippen LogP contribution >= 0.6 is 0 Å². The Bertz CT molecular complexity index is 1220. The van der Waals surface area contributed by atoms with Crippen LogP contribution in [-0.4, -0.2) is 21.0 Å². The summed E-state index contributed by atoms with van der Waals surface area (Å²) >= 11 is 0. The van der Waals surface area contributed by atoms with E-state index in [0.29, 0.717) is 42.1 Å².